The van der Waals surface area contributed by atoms with Gasteiger partial charge in [0.15, 0.2) is 5.65 Å². The third-order valence-corrected chi connectivity index (χ3v) is 6.23. The highest BCUT2D eigenvalue weighted by Crippen LogP contribution is 2.34. The molecule has 2 aromatic heterocycles. The highest BCUT2D eigenvalue weighted by Gasteiger charge is 2.24. The fraction of sp³-hybridized carbons (Fsp3) is 0.478. The molecule has 6 nitrogen and oxygen atoms in total. The maximum atomic E-state index is 5.47. The monoisotopic (exact) mass is 392 g/mol. The lowest BCUT2D eigenvalue weighted by atomic mass is 10.1. The number of anilines is 1. The summed E-state index contributed by atoms with van der Waals surface area (Å²) in [7, 11) is 0. The van der Waals surface area contributed by atoms with Gasteiger partial charge in [-0.1, -0.05) is 30.3 Å². The molecule has 3 aromatic rings. The fourth-order valence-electron chi connectivity index (χ4n) is 4.72. The number of rotatable bonds is 6. The fourth-order valence-corrected chi connectivity index (χ4v) is 4.72. The van der Waals surface area contributed by atoms with Gasteiger partial charge in [0.25, 0.3) is 0 Å². The van der Waals surface area contributed by atoms with E-state index in [1.54, 1.807) is 4.90 Å². The number of hydrogen-bond donors (Lipinski definition) is 2. The lowest BCUT2D eigenvalue weighted by Crippen LogP contribution is -3.14. The molecule has 0 atom stereocenters. The van der Waals surface area contributed by atoms with Crippen LogP contribution in [-0.2, 0) is 17.6 Å². The van der Waals surface area contributed by atoms with Gasteiger partial charge in [-0.15, -0.1) is 0 Å². The summed E-state index contributed by atoms with van der Waals surface area (Å²) in [4.78, 5) is 6.71. The van der Waals surface area contributed by atoms with E-state index in [9.17, 15) is 0 Å². The van der Waals surface area contributed by atoms with Gasteiger partial charge in [0, 0.05) is 29.8 Å². The van der Waals surface area contributed by atoms with Gasteiger partial charge in [-0.2, -0.15) is 9.61 Å². The van der Waals surface area contributed by atoms with Crippen LogP contribution >= 0.6 is 0 Å². The molecule has 5 rings (SSSR count). The first-order chi connectivity index (χ1) is 14.3. The number of aromatic nitrogens is 3. The first-order valence-corrected chi connectivity index (χ1v) is 10.9. The number of morpholine rings is 1. The molecule has 0 amide bonds. The average molecular weight is 393 g/mol. The van der Waals surface area contributed by atoms with Crippen molar-refractivity contribution in [2.75, 3.05) is 44.7 Å². The Morgan fingerprint density at radius 3 is 2.79 bits per heavy atom. The van der Waals surface area contributed by atoms with Crippen LogP contribution in [0.3, 0.4) is 0 Å². The summed E-state index contributed by atoms with van der Waals surface area (Å²) in [6.45, 7) is 8.32. The third kappa shape index (κ3) is 3.63. The summed E-state index contributed by atoms with van der Waals surface area (Å²) in [6.07, 6.45) is 4.49. The molecular weight excluding hydrogens is 362 g/mol. The van der Waals surface area contributed by atoms with Crippen molar-refractivity contribution in [1.29, 1.82) is 0 Å². The zero-order chi connectivity index (χ0) is 19.6. The van der Waals surface area contributed by atoms with Crippen LogP contribution in [0.25, 0.3) is 16.8 Å². The minimum absolute atomic E-state index is 0.899. The van der Waals surface area contributed by atoms with Crippen molar-refractivity contribution in [3.63, 3.8) is 0 Å². The molecule has 1 saturated heterocycles. The second-order valence-corrected chi connectivity index (χ2v) is 8.19. The van der Waals surface area contributed by atoms with Crippen LogP contribution in [0.15, 0.2) is 30.3 Å². The van der Waals surface area contributed by atoms with Crippen LogP contribution in [0.5, 0.6) is 0 Å². The summed E-state index contributed by atoms with van der Waals surface area (Å²) in [5.74, 6) is 1.16. The number of quaternary nitrogens is 1. The van der Waals surface area contributed by atoms with Gasteiger partial charge in [-0.05, 0) is 31.7 Å². The van der Waals surface area contributed by atoms with Gasteiger partial charge in [0.05, 0.1) is 25.5 Å². The second-order valence-electron chi connectivity index (χ2n) is 8.19. The summed E-state index contributed by atoms with van der Waals surface area (Å²) in [5, 5.41) is 8.64. The molecule has 0 bridgehead atoms. The normalized spacial score (nSPS) is 17.0. The van der Waals surface area contributed by atoms with Gasteiger partial charge in [-0.25, -0.2) is 4.98 Å². The van der Waals surface area contributed by atoms with E-state index in [1.165, 1.54) is 29.8 Å². The summed E-state index contributed by atoms with van der Waals surface area (Å²) in [6, 6.07) is 10.5. The molecule has 2 aliphatic rings. The lowest BCUT2D eigenvalue weighted by molar-refractivity contribution is -0.908. The molecule has 0 saturated carbocycles. The molecule has 0 spiro atoms. The molecule has 1 aliphatic carbocycles. The van der Waals surface area contributed by atoms with Crippen LogP contribution in [0.4, 0.5) is 5.82 Å². The molecular formula is C23H30N5O+. The van der Waals surface area contributed by atoms with Crippen molar-refractivity contribution in [1.82, 2.24) is 14.6 Å². The third-order valence-electron chi connectivity index (χ3n) is 6.23. The highest BCUT2D eigenvalue weighted by atomic mass is 16.5. The largest absolute Gasteiger partial charge is 0.370 e. The predicted molar refractivity (Wildman–Crippen MR) is 115 cm³/mol. The van der Waals surface area contributed by atoms with Crippen molar-refractivity contribution >= 4 is 11.5 Å². The SMILES string of the molecule is Cc1nn2c(NCCC[NH+]3CCOCC3)c3c(nc2c1-c1ccccc1)CCC3. The molecule has 1 fully saturated rings. The predicted octanol–water partition coefficient (Wildman–Crippen LogP) is 1.91. The summed E-state index contributed by atoms with van der Waals surface area (Å²) < 4.78 is 7.53. The smallest absolute Gasteiger partial charge is 0.165 e. The van der Waals surface area contributed by atoms with E-state index in [1.807, 2.05) is 0 Å². The van der Waals surface area contributed by atoms with Crippen LogP contribution < -0.4 is 10.2 Å². The molecule has 0 unspecified atom stereocenters. The molecule has 29 heavy (non-hydrogen) atoms. The summed E-state index contributed by atoms with van der Waals surface area (Å²) in [5.41, 5.74) is 6.96. The Kier molecular flexibility index (Phi) is 5.21. The van der Waals surface area contributed by atoms with E-state index in [-0.39, 0.29) is 0 Å². The van der Waals surface area contributed by atoms with Crippen molar-refractivity contribution in [2.45, 2.75) is 32.6 Å². The van der Waals surface area contributed by atoms with E-state index < -0.39 is 0 Å². The van der Waals surface area contributed by atoms with Crippen LogP contribution in [0, 0.1) is 6.92 Å². The summed E-state index contributed by atoms with van der Waals surface area (Å²) >= 11 is 0. The van der Waals surface area contributed by atoms with Crippen LogP contribution in [-0.4, -0.2) is 54.0 Å². The van der Waals surface area contributed by atoms with Gasteiger partial charge in [0.2, 0.25) is 0 Å². The molecule has 152 valence electrons. The number of nitrogens with one attached hydrogen (secondary N) is 2. The van der Waals surface area contributed by atoms with Gasteiger partial charge >= 0.3 is 0 Å². The highest BCUT2D eigenvalue weighted by molar-refractivity contribution is 5.81. The van der Waals surface area contributed by atoms with Crippen LogP contribution in [0.1, 0.15) is 29.8 Å². The van der Waals surface area contributed by atoms with Crippen molar-refractivity contribution < 1.29 is 9.64 Å². The maximum Gasteiger partial charge on any atom is 0.165 e. The Bertz CT molecular complexity index is 992. The number of nitrogens with zero attached hydrogens (tertiary/aromatic N) is 3. The first-order valence-electron chi connectivity index (χ1n) is 10.9. The van der Waals surface area contributed by atoms with Crippen LogP contribution in [0.2, 0.25) is 0 Å². The van der Waals surface area contributed by atoms with Gasteiger partial charge < -0.3 is 15.0 Å². The van der Waals surface area contributed by atoms with Crippen molar-refractivity contribution in [2.24, 2.45) is 0 Å². The Morgan fingerprint density at radius 1 is 1.14 bits per heavy atom. The van der Waals surface area contributed by atoms with E-state index >= 15 is 0 Å². The van der Waals surface area contributed by atoms with Gasteiger partial charge in [0.1, 0.15) is 18.9 Å². The Balaban J connectivity index is 1.43. The number of hydrogen-bond acceptors (Lipinski definition) is 4. The Labute approximate surface area is 171 Å². The van der Waals surface area contributed by atoms with E-state index in [0.29, 0.717) is 0 Å². The average Bonchev–Trinajstić information content (AvgIpc) is 3.35. The molecule has 3 heterocycles. The molecule has 1 aromatic carbocycles. The molecule has 1 aliphatic heterocycles. The Hall–Kier alpha value is -2.44. The minimum Gasteiger partial charge on any atom is -0.370 e. The zero-order valence-corrected chi connectivity index (χ0v) is 17.2. The van der Waals surface area contributed by atoms with Gasteiger partial charge in [-0.3, -0.25) is 0 Å². The number of fused-ring (bicyclic) bond motifs is 2. The number of benzene rings is 1. The molecule has 0 radical (unpaired) electrons. The first kappa shape index (κ1) is 18.6. The number of ether oxygens (including phenoxy) is 1. The van der Waals surface area contributed by atoms with Crippen molar-refractivity contribution in [3.05, 3.63) is 47.3 Å². The standard InChI is InChI=1S/C23H29N5O/c1-17-21(18-7-3-2-4-8-18)23-25-20-10-5-9-19(20)22(28(23)26-17)24-11-6-12-27-13-15-29-16-14-27/h2-4,7-8,24H,5-6,9-16H2,1H3/p+1. The Morgan fingerprint density at radius 2 is 1.97 bits per heavy atom. The van der Waals surface area contributed by atoms with E-state index in [0.717, 1.165) is 74.8 Å². The molecule has 2 N–H and O–H groups in total. The van der Waals surface area contributed by atoms with E-state index in [4.69, 9.17) is 14.8 Å². The zero-order valence-electron chi connectivity index (χ0n) is 17.2. The molecule has 6 heteroatoms. The minimum atomic E-state index is 0.899. The maximum absolute atomic E-state index is 5.47. The number of aryl methyl sites for hydroxylation is 2. The topological polar surface area (TPSA) is 55.9 Å². The van der Waals surface area contributed by atoms with Crippen molar-refractivity contribution in [3.8, 4) is 11.1 Å². The quantitative estimate of drug-likeness (QED) is 0.630. The lowest BCUT2D eigenvalue weighted by Gasteiger charge is -2.23. The second kappa shape index (κ2) is 8.13. The van der Waals surface area contributed by atoms with E-state index in [2.05, 4.69) is 47.1 Å².